The summed E-state index contributed by atoms with van der Waals surface area (Å²) in [6.07, 6.45) is -1.99. The van der Waals surface area contributed by atoms with Gasteiger partial charge in [0.25, 0.3) is 0 Å². The summed E-state index contributed by atoms with van der Waals surface area (Å²) in [5.41, 5.74) is 11.1. The fourth-order valence-electron chi connectivity index (χ4n) is 1.55. The molecule has 6 nitrogen and oxygen atoms in total. The number of hydrogen-bond acceptors (Lipinski definition) is 4. The minimum absolute atomic E-state index is 0.0110. The topological polar surface area (TPSA) is 127 Å². The molecule has 0 fully saturated rings. The summed E-state index contributed by atoms with van der Waals surface area (Å²) in [5.74, 6) is -1.31. The normalized spacial score (nSPS) is 13.9. The van der Waals surface area contributed by atoms with Crippen LogP contribution in [0.1, 0.15) is 33.2 Å². The van der Waals surface area contributed by atoms with Crippen molar-refractivity contribution in [2.45, 2.75) is 25.6 Å². The van der Waals surface area contributed by atoms with Gasteiger partial charge in [0.1, 0.15) is 0 Å². The highest BCUT2D eigenvalue weighted by atomic mass is 16.3. The molecule has 18 heavy (non-hydrogen) atoms. The van der Waals surface area contributed by atoms with Gasteiger partial charge in [0.15, 0.2) is 0 Å². The van der Waals surface area contributed by atoms with Gasteiger partial charge in [0.2, 0.25) is 11.8 Å². The number of aliphatic hydroxyl groups is 2. The van der Waals surface area contributed by atoms with Crippen molar-refractivity contribution in [1.82, 2.24) is 0 Å². The highest BCUT2D eigenvalue weighted by molar-refractivity contribution is 5.97. The number of benzene rings is 1. The molecule has 0 saturated carbocycles. The summed E-state index contributed by atoms with van der Waals surface area (Å²) >= 11 is 0. The Hall–Kier alpha value is -1.92. The first-order valence-corrected chi connectivity index (χ1v) is 5.41. The summed E-state index contributed by atoms with van der Waals surface area (Å²) in [5, 5.41) is 18.8. The quantitative estimate of drug-likeness (QED) is 0.545. The van der Waals surface area contributed by atoms with Crippen LogP contribution in [0.3, 0.4) is 0 Å². The number of hydrogen-bond donors (Lipinski definition) is 4. The van der Waals surface area contributed by atoms with E-state index in [9.17, 15) is 19.8 Å². The monoisotopic (exact) mass is 252 g/mol. The predicted octanol–water partition coefficient (Wildman–Crippen LogP) is -0.831. The number of aliphatic hydroxyl groups excluding tert-OH is 2. The Morgan fingerprint density at radius 2 is 1.83 bits per heavy atom. The Balaban J connectivity index is 3.15. The largest absolute Gasteiger partial charge is 0.391 e. The van der Waals surface area contributed by atoms with E-state index >= 15 is 0 Å². The van der Waals surface area contributed by atoms with Crippen LogP contribution in [-0.2, 0) is 6.42 Å². The number of primary amides is 2. The first kappa shape index (κ1) is 14.1. The first-order valence-electron chi connectivity index (χ1n) is 5.41. The second-order valence-corrected chi connectivity index (χ2v) is 4.11. The zero-order chi connectivity index (χ0) is 13.9. The van der Waals surface area contributed by atoms with Crippen molar-refractivity contribution in [3.63, 3.8) is 0 Å². The first-order chi connectivity index (χ1) is 8.32. The lowest BCUT2D eigenvalue weighted by molar-refractivity contribution is 0.0318. The predicted molar refractivity (Wildman–Crippen MR) is 64.9 cm³/mol. The van der Waals surface area contributed by atoms with Crippen LogP contribution < -0.4 is 11.5 Å². The zero-order valence-corrected chi connectivity index (χ0v) is 9.96. The third kappa shape index (κ3) is 3.28. The molecule has 6 N–H and O–H groups in total. The molecule has 6 heteroatoms. The molecular formula is C12H16N2O4. The van der Waals surface area contributed by atoms with E-state index in [-0.39, 0.29) is 17.5 Å². The maximum atomic E-state index is 11.2. The van der Waals surface area contributed by atoms with Gasteiger partial charge in [0, 0.05) is 17.5 Å². The van der Waals surface area contributed by atoms with Crippen molar-refractivity contribution in [3.8, 4) is 0 Å². The molecule has 0 spiro atoms. The molecule has 0 aromatic heterocycles. The van der Waals surface area contributed by atoms with E-state index in [2.05, 4.69) is 0 Å². The fraction of sp³-hybridized carbons (Fsp3) is 0.333. The van der Waals surface area contributed by atoms with Crippen molar-refractivity contribution in [3.05, 3.63) is 34.9 Å². The maximum absolute atomic E-state index is 11.2. The Morgan fingerprint density at radius 1 is 1.22 bits per heavy atom. The summed E-state index contributed by atoms with van der Waals surface area (Å²) in [6, 6.07) is 4.17. The molecule has 1 rings (SSSR count). The lowest BCUT2D eigenvalue weighted by atomic mass is 9.96. The second-order valence-electron chi connectivity index (χ2n) is 4.11. The van der Waals surface area contributed by atoms with E-state index in [0.717, 1.165) is 0 Å². The van der Waals surface area contributed by atoms with Gasteiger partial charge in [-0.15, -0.1) is 0 Å². The van der Waals surface area contributed by atoms with Crippen LogP contribution in [0.4, 0.5) is 0 Å². The van der Waals surface area contributed by atoms with Gasteiger partial charge >= 0.3 is 0 Å². The van der Waals surface area contributed by atoms with Crippen LogP contribution in [0.5, 0.6) is 0 Å². The van der Waals surface area contributed by atoms with Crippen molar-refractivity contribution in [2.24, 2.45) is 11.5 Å². The van der Waals surface area contributed by atoms with Crippen LogP contribution in [-0.4, -0.2) is 34.2 Å². The summed E-state index contributed by atoms with van der Waals surface area (Å²) < 4.78 is 0. The molecule has 0 radical (unpaired) electrons. The fourth-order valence-corrected chi connectivity index (χ4v) is 1.55. The van der Waals surface area contributed by atoms with E-state index in [4.69, 9.17) is 11.5 Å². The molecular weight excluding hydrogens is 236 g/mol. The summed E-state index contributed by atoms with van der Waals surface area (Å²) in [7, 11) is 0. The molecule has 0 saturated heterocycles. The molecule has 1 aromatic carbocycles. The SMILES string of the molecule is CC(O)C(O)Cc1cc(C(N)=O)ccc1C(N)=O. The number of nitrogens with two attached hydrogens (primary N) is 2. The number of carbonyl (C=O) groups is 2. The number of carbonyl (C=O) groups excluding carboxylic acids is 2. The van der Waals surface area contributed by atoms with Gasteiger partial charge in [-0.2, -0.15) is 0 Å². The molecule has 2 amide bonds. The van der Waals surface area contributed by atoms with E-state index < -0.39 is 24.0 Å². The van der Waals surface area contributed by atoms with Gasteiger partial charge in [-0.25, -0.2) is 0 Å². The average molecular weight is 252 g/mol. The minimum atomic E-state index is -1.05. The standard InChI is InChI=1S/C12H16N2O4/c1-6(15)10(16)5-8-4-7(11(13)17)2-3-9(8)12(14)18/h2-4,6,10,15-16H,5H2,1H3,(H2,13,17)(H2,14,18). The minimum Gasteiger partial charge on any atom is -0.391 e. The van der Waals surface area contributed by atoms with Gasteiger partial charge in [0.05, 0.1) is 12.2 Å². The Kier molecular flexibility index (Phi) is 4.41. The highest BCUT2D eigenvalue weighted by Gasteiger charge is 2.17. The molecule has 0 heterocycles. The second kappa shape index (κ2) is 5.61. The molecule has 0 aliphatic heterocycles. The molecule has 0 aliphatic carbocycles. The van der Waals surface area contributed by atoms with Crippen molar-refractivity contribution >= 4 is 11.8 Å². The Morgan fingerprint density at radius 3 is 2.28 bits per heavy atom. The lowest BCUT2D eigenvalue weighted by Gasteiger charge is -2.15. The van der Waals surface area contributed by atoms with E-state index in [0.29, 0.717) is 5.56 Å². The lowest BCUT2D eigenvalue weighted by Crippen LogP contribution is -2.27. The Labute approximate surface area is 104 Å². The smallest absolute Gasteiger partial charge is 0.248 e. The van der Waals surface area contributed by atoms with Crippen LogP contribution in [0, 0.1) is 0 Å². The molecule has 98 valence electrons. The van der Waals surface area contributed by atoms with Gasteiger partial charge in [-0.1, -0.05) is 0 Å². The third-order valence-corrected chi connectivity index (χ3v) is 2.64. The zero-order valence-electron chi connectivity index (χ0n) is 9.96. The molecule has 2 atom stereocenters. The van der Waals surface area contributed by atoms with Gasteiger partial charge < -0.3 is 21.7 Å². The number of rotatable bonds is 5. The van der Waals surface area contributed by atoms with E-state index in [1.807, 2.05) is 0 Å². The Bertz CT molecular complexity index is 471. The maximum Gasteiger partial charge on any atom is 0.248 e. The van der Waals surface area contributed by atoms with Gasteiger partial charge in [-0.3, -0.25) is 9.59 Å². The highest BCUT2D eigenvalue weighted by Crippen LogP contribution is 2.15. The van der Waals surface area contributed by atoms with E-state index in [1.54, 1.807) is 0 Å². The van der Waals surface area contributed by atoms with Crippen molar-refractivity contribution in [1.29, 1.82) is 0 Å². The average Bonchev–Trinajstić information content (AvgIpc) is 2.28. The van der Waals surface area contributed by atoms with Crippen LogP contribution in [0.2, 0.25) is 0 Å². The van der Waals surface area contributed by atoms with Crippen LogP contribution >= 0.6 is 0 Å². The molecule has 2 unspecified atom stereocenters. The van der Waals surface area contributed by atoms with E-state index in [1.165, 1.54) is 25.1 Å². The van der Waals surface area contributed by atoms with Crippen LogP contribution in [0.15, 0.2) is 18.2 Å². The number of amides is 2. The third-order valence-electron chi connectivity index (χ3n) is 2.64. The van der Waals surface area contributed by atoms with Crippen LogP contribution in [0.25, 0.3) is 0 Å². The summed E-state index contributed by atoms with van der Waals surface area (Å²) in [4.78, 5) is 22.3. The van der Waals surface area contributed by atoms with Gasteiger partial charge in [-0.05, 0) is 30.7 Å². The molecule has 0 bridgehead atoms. The van der Waals surface area contributed by atoms with Crippen molar-refractivity contribution in [2.75, 3.05) is 0 Å². The molecule has 1 aromatic rings. The van der Waals surface area contributed by atoms with Crippen molar-refractivity contribution < 1.29 is 19.8 Å². The molecule has 0 aliphatic rings. The summed E-state index contributed by atoms with van der Waals surface area (Å²) in [6.45, 7) is 1.42.